The Hall–Kier alpha value is -1.66. The van der Waals surface area contributed by atoms with Crippen LogP contribution in [-0.4, -0.2) is 53.2 Å². The third kappa shape index (κ3) is 2.72. The lowest BCUT2D eigenvalue weighted by Gasteiger charge is -2.32. The quantitative estimate of drug-likeness (QED) is 0.729. The number of nitrogens with two attached hydrogens (primary N) is 1. The maximum atomic E-state index is 12.1. The fourth-order valence-corrected chi connectivity index (χ4v) is 1.77. The van der Waals surface area contributed by atoms with Crippen LogP contribution in [0.3, 0.4) is 0 Å². The van der Waals surface area contributed by atoms with Crippen molar-refractivity contribution in [1.82, 2.24) is 9.88 Å². The van der Waals surface area contributed by atoms with Crippen molar-refractivity contribution in [3.05, 3.63) is 24.0 Å². The SMILES string of the molecule is NCC1CN(C(=O)c2cncc(O)c2)CCO1. The first-order chi connectivity index (χ1) is 8.20. The largest absolute Gasteiger partial charge is 0.506 e. The Labute approximate surface area is 99.0 Å². The third-order valence-corrected chi connectivity index (χ3v) is 2.66. The number of carbonyl (C=O) groups excluding carboxylic acids is 1. The predicted molar refractivity (Wildman–Crippen MR) is 60.6 cm³/mol. The highest BCUT2D eigenvalue weighted by Gasteiger charge is 2.24. The van der Waals surface area contributed by atoms with E-state index in [1.807, 2.05) is 0 Å². The zero-order valence-electron chi connectivity index (χ0n) is 9.37. The number of aromatic hydroxyl groups is 1. The molecule has 1 unspecified atom stereocenters. The minimum absolute atomic E-state index is 0.0144. The smallest absolute Gasteiger partial charge is 0.255 e. The summed E-state index contributed by atoms with van der Waals surface area (Å²) in [6.07, 6.45) is 2.62. The molecule has 2 heterocycles. The Bertz CT molecular complexity index is 411. The maximum Gasteiger partial charge on any atom is 0.255 e. The van der Waals surface area contributed by atoms with E-state index in [1.165, 1.54) is 18.5 Å². The first-order valence-electron chi connectivity index (χ1n) is 5.45. The Morgan fingerprint density at radius 2 is 2.47 bits per heavy atom. The van der Waals surface area contributed by atoms with E-state index in [2.05, 4.69) is 4.98 Å². The van der Waals surface area contributed by atoms with Gasteiger partial charge in [-0.1, -0.05) is 0 Å². The van der Waals surface area contributed by atoms with E-state index in [9.17, 15) is 9.90 Å². The van der Waals surface area contributed by atoms with Gasteiger partial charge in [0.05, 0.1) is 24.5 Å². The number of hydrogen-bond acceptors (Lipinski definition) is 5. The summed E-state index contributed by atoms with van der Waals surface area (Å²) in [5.74, 6) is -0.172. The lowest BCUT2D eigenvalue weighted by atomic mass is 10.2. The van der Waals surface area contributed by atoms with Crippen molar-refractivity contribution in [2.75, 3.05) is 26.2 Å². The van der Waals surface area contributed by atoms with Gasteiger partial charge in [0, 0.05) is 25.8 Å². The number of nitrogens with zero attached hydrogens (tertiary/aromatic N) is 2. The molecular weight excluding hydrogens is 222 g/mol. The Kier molecular flexibility index (Phi) is 3.55. The van der Waals surface area contributed by atoms with E-state index in [0.717, 1.165) is 0 Å². The van der Waals surface area contributed by atoms with E-state index in [-0.39, 0.29) is 17.8 Å². The first-order valence-corrected chi connectivity index (χ1v) is 5.45. The molecule has 0 aromatic carbocycles. The summed E-state index contributed by atoms with van der Waals surface area (Å²) in [5.41, 5.74) is 5.89. The highest BCUT2D eigenvalue weighted by Crippen LogP contribution is 2.13. The van der Waals surface area contributed by atoms with E-state index in [1.54, 1.807) is 4.90 Å². The van der Waals surface area contributed by atoms with E-state index < -0.39 is 0 Å². The molecule has 0 saturated carbocycles. The molecule has 1 saturated heterocycles. The molecule has 1 aliphatic rings. The van der Waals surface area contributed by atoms with Crippen molar-refractivity contribution in [3.63, 3.8) is 0 Å². The minimum atomic E-state index is -0.157. The Morgan fingerprint density at radius 1 is 1.65 bits per heavy atom. The molecule has 1 aromatic rings. The molecule has 1 amide bonds. The van der Waals surface area contributed by atoms with Crippen molar-refractivity contribution in [2.24, 2.45) is 5.73 Å². The van der Waals surface area contributed by atoms with Crippen LogP contribution in [0.1, 0.15) is 10.4 Å². The number of hydrogen-bond donors (Lipinski definition) is 2. The second-order valence-electron chi connectivity index (χ2n) is 3.91. The van der Waals surface area contributed by atoms with Gasteiger partial charge in [0.2, 0.25) is 0 Å². The highest BCUT2D eigenvalue weighted by molar-refractivity contribution is 5.94. The number of amides is 1. The molecule has 2 rings (SSSR count). The minimum Gasteiger partial charge on any atom is -0.506 e. The summed E-state index contributed by atoms with van der Waals surface area (Å²) in [5, 5.41) is 9.28. The molecule has 1 aromatic heterocycles. The lowest BCUT2D eigenvalue weighted by Crippen LogP contribution is -2.48. The van der Waals surface area contributed by atoms with Crippen molar-refractivity contribution >= 4 is 5.91 Å². The Morgan fingerprint density at radius 3 is 3.18 bits per heavy atom. The number of pyridine rings is 1. The lowest BCUT2D eigenvalue weighted by molar-refractivity contribution is -0.0167. The van der Waals surface area contributed by atoms with Crippen LogP contribution >= 0.6 is 0 Å². The van der Waals surface area contributed by atoms with Gasteiger partial charge in [-0.25, -0.2) is 0 Å². The van der Waals surface area contributed by atoms with Crippen LogP contribution < -0.4 is 5.73 Å². The summed E-state index contributed by atoms with van der Waals surface area (Å²) in [4.78, 5) is 17.5. The van der Waals surface area contributed by atoms with Crippen LogP contribution in [0.25, 0.3) is 0 Å². The third-order valence-electron chi connectivity index (χ3n) is 2.66. The van der Waals surface area contributed by atoms with Gasteiger partial charge in [0.25, 0.3) is 5.91 Å². The molecule has 1 atom stereocenters. The fourth-order valence-electron chi connectivity index (χ4n) is 1.77. The summed E-state index contributed by atoms with van der Waals surface area (Å²) < 4.78 is 5.38. The van der Waals surface area contributed by atoms with Crippen molar-refractivity contribution in [2.45, 2.75) is 6.10 Å². The predicted octanol–water partition coefficient (Wildman–Crippen LogP) is -0.413. The van der Waals surface area contributed by atoms with E-state index in [0.29, 0.717) is 31.8 Å². The van der Waals surface area contributed by atoms with Gasteiger partial charge in [0.1, 0.15) is 5.75 Å². The van der Waals surface area contributed by atoms with Gasteiger partial charge in [-0.05, 0) is 6.07 Å². The number of ether oxygens (including phenoxy) is 1. The normalized spacial score (nSPS) is 20.3. The van der Waals surface area contributed by atoms with Crippen molar-refractivity contribution < 1.29 is 14.6 Å². The summed E-state index contributed by atoms with van der Waals surface area (Å²) in [6, 6.07) is 1.41. The van der Waals surface area contributed by atoms with Crippen LogP contribution in [0.4, 0.5) is 0 Å². The van der Waals surface area contributed by atoms with Crippen LogP contribution in [0.5, 0.6) is 5.75 Å². The van der Waals surface area contributed by atoms with Gasteiger partial charge in [-0.3, -0.25) is 9.78 Å². The molecule has 0 bridgehead atoms. The maximum absolute atomic E-state index is 12.1. The van der Waals surface area contributed by atoms with Gasteiger partial charge in [-0.15, -0.1) is 0 Å². The number of rotatable bonds is 2. The fraction of sp³-hybridized carbons (Fsp3) is 0.455. The van der Waals surface area contributed by atoms with Crippen LogP contribution in [0.2, 0.25) is 0 Å². The molecular formula is C11H15N3O3. The zero-order chi connectivity index (χ0) is 12.3. The second-order valence-corrected chi connectivity index (χ2v) is 3.91. The zero-order valence-corrected chi connectivity index (χ0v) is 9.37. The van der Waals surface area contributed by atoms with Crippen molar-refractivity contribution in [1.29, 1.82) is 0 Å². The van der Waals surface area contributed by atoms with E-state index >= 15 is 0 Å². The average molecular weight is 237 g/mol. The van der Waals surface area contributed by atoms with Crippen LogP contribution in [-0.2, 0) is 4.74 Å². The van der Waals surface area contributed by atoms with Gasteiger partial charge >= 0.3 is 0 Å². The van der Waals surface area contributed by atoms with Gasteiger partial charge in [-0.2, -0.15) is 0 Å². The molecule has 1 aliphatic heterocycles. The molecule has 1 fully saturated rings. The molecule has 92 valence electrons. The van der Waals surface area contributed by atoms with Crippen LogP contribution in [0.15, 0.2) is 18.5 Å². The standard InChI is InChI=1S/C11H15N3O3/c12-4-10-7-14(1-2-17-10)11(16)8-3-9(15)6-13-5-8/h3,5-6,10,15H,1-2,4,7,12H2. The molecule has 6 nitrogen and oxygen atoms in total. The first kappa shape index (κ1) is 11.8. The summed E-state index contributed by atoms with van der Waals surface area (Å²) in [6.45, 7) is 1.89. The van der Waals surface area contributed by atoms with Gasteiger partial charge in [0.15, 0.2) is 0 Å². The summed E-state index contributed by atoms with van der Waals surface area (Å²) >= 11 is 0. The molecule has 17 heavy (non-hydrogen) atoms. The molecule has 6 heteroatoms. The number of carbonyl (C=O) groups is 1. The van der Waals surface area contributed by atoms with E-state index in [4.69, 9.17) is 10.5 Å². The molecule has 3 N–H and O–H groups in total. The average Bonchev–Trinajstić information content (AvgIpc) is 2.38. The van der Waals surface area contributed by atoms with Gasteiger partial charge < -0.3 is 20.5 Å². The Balaban J connectivity index is 2.09. The van der Waals surface area contributed by atoms with Crippen LogP contribution in [0, 0.1) is 0 Å². The topological polar surface area (TPSA) is 88.7 Å². The number of aromatic nitrogens is 1. The molecule has 0 aliphatic carbocycles. The number of morpholine rings is 1. The second kappa shape index (κ2) is 5.11. The highest BCUT2D eigenvalue weighted by atomic mass is 16.5. The monoisotopic (exact) mass is 237 g/mol. The molecule has 0 spiro atoms. The summed E-state index contributed by atoms with van der Waals surface area (Å²) in [7, 11) is 0. The molecule has 0 radical (unpaired) electrons. The van der Waals surface area contributed by atoms with Crippen molar-refractivity contribution in [3.8, 4) is 5.75 Å².